The fraction of sp³-hybridized carbons (Fsp3) is 0.375. The summed E-state index contributed by atoms with van der Waals surface area (Å²) in [4.78, 5) is 0. The number of nitrogens with zero attached hydrogens (tertiary/aromatic N) is 1. The normalized spacial score (nSPS) is 16.3. The van der Waals surface area contributed by atoms with E-state index in [1.807, 2.05) is 12.1 Å². The third kappa shape index (κ3) is 2.82. The number of hydrogen-bond acceptors (Lipinski definition) is 2. The molecule has 0 saturated heterocycles. The van der Waals surface area contributed by atoms with Crippen LogP contribution in [0.2, 0.25) is 0 Å². The minimum absolute atomic E-state index is 0.220. The highest BCUT2D eigenvalue weighted by Crippen LogP contribution is 2.39. The summed E-state index contributed by atoms with van der Waals surface area (Å²) in [7, 11) is 1.69. The quantitative estimate of drug-likeness (QED) is 0.893. The second kappa shape index (κ2) is 5.10. The highest BCUT2D eigenvalue weighted by atomic mass is 16.5. The average Bonchev–Trinajstić information content (AvgIpc) is 3.19. The maximum absolute atomic E-state index is 6.22. The van der Waals surface area contributed by atoms with Gasteiger partial charge in [-0.25, -0.2) is 0 Å². The summed E-state index contributed by atoms with van der Waals surface area (Å²) in [5.41, 5.74) is 8.74. The van der Waals surface area contributed by atoms with Crippen LogP contribution in [0.3, 0.4) is 0 Å². The van der Waals surface area contributed by atoms with Crippen molar-refractivity contribution in [3.63, 3.8) is 0 Å². The maximum atomic E-state index is 6.22. The van der Waals surface area contributed by atoms with Gasteiger partial charge in [-0.15, -0.1) is 0 Å². The number of hydrogen-bond donors (Lipinski definition) is 1. The molecule has 0 amide bonds. The van der Waals surface area contributed by atoms with Gasteiger partial charge in [-0.05, 0) is 48.1 Å². The van der Waals surface area contributed by atoms with Gasteiger partial charge in [0.2, 0.25) is 0 Å². The molecule has 1 aromatic heterocycles. The third-order valence-corrected chi connectivity index (χ3v) is 3.81. The van der Waals surface area contributed by atoms with Gasteiger partial charge < -0.3 is 15.0 Å². The lowest BCUT2D eigenvalue weighted by Crippen LogP contribution is -2.11. The van der Waals surface area contributed by atoms with Crippen LogP contribution < -0.4 is 10.5 Å². The molecular formula is C16H20N2O. The molecule has 1 atom stereocenters. The van der Waals surface area contributed by atoms with Gasteiger partial charge in [-0.1, -0.05) is 12.1 Å². The zero-order valence-corrected chi connectivity index (χ0v) is 11.3. The molecular weight excluding hydrogens is 236 g/mol. The smallest absolute Gasteiger partial charge is 0.118 e. The molecule has 3 rings (SSSR count). The Morgan fingerprint density at radius 1 is 1.26 bits per heavy atom. The Morgan fingerprint density at radius 3 is 2.63 bits per heavy atom. The van der Waals surface area contributed by atoms with Gasteiger partial charge in [-0.3, -0.25) is 0 Å². The molecule has 0 aliphatic heterocycles. The molecule has 3 heteroatoms. The van der Waals surface area contributed by atoms with E-state index >= 15 is 0 Å². The zero-order valence-electron chi connectivity index (χ0n) is 11.3. The van der Waals surface area contributed by atoms with E-state index in [1.54, 1.807) is 7.11 Å². The van der Waals surface area contributed by atoms with E-state index in [-0.39, 0.29) is 6.04 Å². The summed E-state index contributed by atoms with van der Waals surface area (Å²) < 4.78 is 7.36. The number of nitrogens with two attached hydrogens (primary N) is 1. The Kier molecular flexibility index (Phi) is 3.30. The van der Waals surface area contributed by atoms with Crippen molar-refractivity contribution in [3.8, 4) is 5.75 Å². The highest BCUT2D eigenvalue weighted by molar-refractivity contribution is 5.28. The minimum Gasteiger partial charge on any atom is -0.497 e. The lowest BCUT2D eigenvalue weighted by molar-refractivity contribution is 0.414. The second-order valence-electron chi connectivity index (χ2n) is 5.33. The lowest BCUT2D eigenvalue weighted by atomic mass is 10.1. The van der Waals surface area contributed by atoms with Gasteiger partial charge in [-0.2, -0.15) is 0 Å². The van der Waals surface area contributed by atoms with Crippen molar-refractivity contribution in [2.75, 3.05) is 7.11 Å². The molecule has 1 aliphatic rings. The lowest BCUT2D eigenvalue weighted by Gasteiger charge is -2.08. The van der Waals surface area contributed by atoms with Crippen molar-refractivity contribution >= 4 is 0 Å². The first-order valence-corrected chi connectivity index (χ1v) is 6.80. The Hall–Kier alpha value is -1.74. The maximum Gasteiger partial charge on any atom is 0.118 e. The molecule has 1 aliphatic carbocycles. The van der Waals surface area contributed by atoms with E-state index in [0.29, 0.717) is 5.92 Å². The summed E-state index contributed by atoms with van der Waals surface area (Å²) >= 11 is 0. The molecule has 1 saturated carbocycles. The van der Waals surface area contributed by atoms with E-state index in [4.69, 9.17) is 10.5 Å². The Morgan fingerprint density at radius 2 is 2.00 bits per heavy atom. The molecule has 1 aromatic carbocycles. The van der Waals surface area contributed by atoms with Crippen LogP contribution in [-0.2, 0) is 6.54 Å². The van der Waals surface area contributed by atoms with Gasteiger partial charge in [0.25, 0.3) is 0 Å². The first kappa shape index (κ1) is 12.3. The molecule has 0 spiro atoms. The van der Waals surface area contributed by atoms with Crippen molar-refractivity contribution in [2.24, 2.45) is 11.7 Å². The standard InChI is InChI=1S/C16H20N2O/c1-19-15-6-2-12(3-7-15)10-18-9-8-14(11-18)16(17)13-4-5-13/h2-3,6-9,11,13,16H,4-5,10,17H2,1H3. The van der Waals surface area contributed by atoms with Crippen LogP contribution in [0.5, 0.6) is 5.75 Å². The SMILES string of the molecule is COc1ccc(Cn2ccc(C(N)C3CC3)c2)cc1. The van der Waals surface area contributed by atoms with Crippen molar-refractivity contribution in [1.82, 2.24) is 4.57 Å². The summed E-state index contributed by atoms with van der Waals surface area (Å²) in [6, 6.07) is 10.5. The first-order valence-electron chi connectivity index (χ1n) is 6.80. The molecule has 0 radical (unpaired) electrons. The van der Waals surface area contributed by atoms with E-state index in [9.17, 15) is 0 Å². The molecule has 100 valence electrons. The zero-order chi connectivity index (χ0) is 13.2. The van der Waals surface area contributed by atoms with Crippen molar-refractivity contribution < 1.29 is 4.74 Å². The number of rotatable bonds is 5. The van der Waals surface area contributed by atoms with Crippen LogP contribution in [0.1, 0.15) is 30.0 Å². The molecule has 1 heterocycles. The van der Waals surface area contributed by atoms with Crippen molar-refractivity contribution in [2.45, 2.75) is 25.4 Å². The van der Waals surface area contributed by atoms with Crippen LogP contribution in [0.4, 0.5) is 0 Å². The summed E-state index contributed by atoms with van der Waals surface area (Å²) in [6.07, 6.45) is 6.85. The predicted octanol–water partition coefficient (Wildman–Crippen LogP) is 2.95. The number of benzene rings is 1. The monoisotopic (exact) mass is 256 g/mol. The van der Waals surface area contributed by atoms with Gasteiger partial charge >= 0.3 is 0 Å². The van der Waals surface area contributed by atoms with E-state index in [2.05, 4.69) is 35.2 Å². The van der Waals surface area contributed by atoms with E-state index in [0.717, 1.165) is 12.3 Å². The summed E-state index contributed by atoms with van der Waals surface area (Å²) in [5, 5.41) is 0. The van der Waals surface area contributed by atoms with Crippen LogP contribution in [0, 0.1) is 5.92 Å². The highest BCUT2D eigenvalue weighted by Gasteiger charge is 2.29. The van der Waals surface area contributed by atoms with Crippen LogP contribution >= 0.6 is 0 Å². The Labute approximate surface area is 114 Å². The van der Waals surface area contributed by atoms with Gasteiger partial charge in [0, 0.05) is 25.0 Å². The fourth-order valence-electron chi connectivity index (χ4n) is 2.42. The van der Waals surface area contributed by atoms with Gasteiger partial charge in [0.1, 0.15) is 5.75 Å². The largest absolute Gasteiger partial charge is 0.497 e. The summed E-state index contributed by atoms with van der Waals surface area (Å²) in [6.45, 7) is 0.876. The molecule has 2 N–H and O–H groups in total. The molecule has 1 unspecified atom stereocenters. The second-order valence-corrected chi connectivity index (χ2v) is 5.33. The number of methoxy groups -OCH3 is 1. The van der Waals surface area contributed by atoms with Crippen LogP contribution in [0.15, 0.2) is 42.7 Å². The van der Waals surface area contributed by atoms with Crippen LogP contribution in [0.25, 0.3) is 0 Å². The average molecular weight is 256 g/mol. The summed E-state index contributed by atoms with van der Waals surface area (Å²) in [5.74, 6) is 1.60. The fourth-order valence-corrected chi connectivity index (χ4v) is 2.42. The number of aromatic nitrogens is 1. The molecule has 0 bridgehead atoms. The predicted molar refractivity (Wildman–Crippen MR) is 76.2 cm³/mol. The molecule has 19 heavy (non-hydrogen) atoms. The number of ether oxygens (including phenoxy) is 1. The topological polar surface area (TPSA) is 40.2 Å². The molecule has 3 nitrogen and oxygen atoms in total. The molecule has 1 fully saturated rings. The van der Waals surface area contributed by atoms with Crippen molar-refractivity contribution in [1.29, 1.82) is 0 Å². The van der Waals surface area contributed by atoms with E-state index in [1.165, 1.54) is 24.0 Å². The van der Waals surface area contributed by atoms with Gasteiger partial charge in [0.05, 0.1) is 7.11 Å². The third-order valence-electron chi connectivity index (χ3n) is 3.81. The molecule has 2 aromatic rings. The minimum atomic E-state index is 0.220. The van der Waals surface area contributed by atoms with Crippen molar-refractivity contribution in [3.05, 3.63) is 53.9 Å². The Bertz CT molecular complexity index is 540. The van der Waals surface area contributed by atoms with E-state index < -0.39 is 0 Å². The van der Waals surface area contributed by atoms with Gasteiger partial charge in [0.15, 0.2) is 0 Å². The Balaban J connectivity index is 1.68. The van der Waals surface area contributed by atoms with Crippen LogP contribution in [-0.4, -0.2) is 11.7 Å². The first-order chi connectivity index (χ1) is 9.26.